The molecule has 1 N–H and O–H groups in total. The van der Waals surface area contributed by atoms with Crippen LogP contribution in [-0.2, 0) is 0 Å². The fourth-order valence-electron chi connectivity index (χ4n) is 2.69. The molecule has 1 saturated carbocycles. The van der Waals surface area contributed by atoms with Gasteiger partial charge in [0.2, 0.25) is 0 Å². The number of hydrogen-bond acceptors (Lipinski definition) is 2. The Hall–Kier alpha value is -1.51. The Morgan fingerprint density at radius 1 is 1.21 bits per heavy atom. The van der Waals surface area contributed by atoms with Crippen molar-refractivity contribution in [1.82, 2.24) is 5.32 Å². The van der Waals surface area contributed by atoms with Crippen molar-refractivity contribution < 1.29 is 9.53 Å². The van der Waals surface area contributed by atoms with Crippen LogP contribution in [0.5, 0.6) is 5.75 Å². The van der Waals surface area contributed by atoms with Crippen molar-refractivity contribution in [3.8, 4) is 5.75 Å². The molecule has 104 valence electrons. The molecule has 1 aliphatic carbocycles. The van der Waals surface area contributed by atoms with E-state index >= 15 is 0 Å². The number of hydrogen-bond donors (Lipinski definition) is 1. The molecule has 3 heteroatoms. The molecule has 0 unspecified atom stereocenters. The molecule has 2 rings (SSSR count). The van der Waals surface area contributed by atoms with Gasteiger partial charge in [0.15, 0.2) is 0 Å². The number of methoxy groups -OCH3 is 1. The third-order valence-corrected chi connectivity index (χ3v) is 3.79. The van der Waals surface area contributed by atoms with Crippen LogP contribution in [0.2, 0.25) is 0 Å². The highest BCUT2D eigenvalue weighted by Gasteiger charge is 2.18. The molecule has 1 aromatic carbocycles. The molecule has 3 nitrogen and oxygen atoms in total. The van der Waals surface area contributed by atoms with Crippen molar-refractivity contribution in [2.24, 2.45) is 0 Å². The Morgan fingerprint density at radius 3 is 2.53 bits per heavy atom. The van der Waals surface area contributed by atoms with E-state index in [1.807, 2.05) is 25.1 Å². The number of rotatable bonds is 3. The van der Waals surface area contributed by atoms with Crippen LogP contribution in [0.15, 0.2) is 18.2 Å². The lowest BCUT2D eigenvalue weighted by atomic mass is 10.1. The predicted molar refractivity (Wildman–Crippen MR) is 76.7 cm³/mol. The van der Waals surface area contributed by atoms with Crippen LogP contribution in [-0.4, -0.2) is 19.1 Å². The molecular weight excluding hydrogens is 238 g/mol. The SMILES string of the molecule is COc1ccc(C)cc1C(=O)NC1CCCCCC1. The molecule has 0 radical (unpaired) electrons. The van der Waals surface area contributed by atoms with Crippen molar-refractivity contribution in [2.45, 2.75) is 51.5 Å². The van der Waals surface area contributed by atoms with Crippen molar-refractivity contribution in [2.75, 3.05) is 7.11 Å². The highest BCUT2D eigenvalue weighted by atomic mass is 16.5. The number of carbonyl (C=O) groups is 1. The van der Waals surface area contributed by atoms with E-state index in [4.69, 9.17) is 4.74 Å². The highest BCUT2D eigenvalue weighted by molar-refractivity contribution is 5.97. The van der Waals surface area contributed by atoms with Gasteiger partial charge >= 0.3 is 0 Å². The van der Waals surface area contributed by atoms with Crippen LogP contribution in [0.1, 0.15) is 54.4 Å². The van der Waals surface area contributed by atoms with Gasteiger partial charge in [-0.1, -0.05) is 37.3 Å². The lowest BCUT2D eigenvalue weighted by molar-refractivity contribution is 0.0930. The molecule has 1 fully saturated rings. The summed E-state index contributed by atoms with van der Waals surface area (Å²) in [6.45, 7) is 1.99. The molecule has 0 saturated heterocycles. The van der Waals surface area contributed by atoms with Crippen LogP contribution in [0.25, 0.3) is 0 Å². The van der Waals surface area contributed by atoms with E-state index in [1.165, 1.54) is 25.7 Å². The van der Waals surface area contributed by atoms with Crippen molar-refractivity contribution >= 4 is 5.91 Å². The maximum Gasteiger partial charge on any atom is 0.255 e. The van der Waals surface area contributed by atoms with Crippen LogP contribution < -0.4 is 10.1 Å². The van der Waals surface area contributed by atoms with Crippen molar-refractivity contribution in [3.05, 3.63) is 29.3 Å². The first-order valence-electron chi connectivity index (χ1n) is 7.16. The topological polar surface area (TPSA) is 38.3 Å². The first-order chi connectivity index (χ1) is 9.20. The van der Waals surface area contributed by atoms with Crippen LogP contribution >= 0.6 is 0 Å². The first-order valence-corrected chi connectivity index (χ1v) is 7.16. The van der Waals surface area contributed by atoms with E-state index in [0.717, 1.165) is 18.4 Å². The third-order valence-electron chi connectivity index (χ3n) is 3.79. The summed E-state index contributed by atoms with van der Waals surface area (Å²) in [6.07, 6.45) is 7.21. The summed E-state index contributed by atoms with van der Waals surface area (Å²) in [6, 6.07) is 6.03. The number of nitrogens with one attached hydrogen (secondary N) is 1. The molecular formula is C16H23NO2. The van der Waals surface area contributed by atoms with E-state index in [9.17, 15) is 4.79 Å². The van der Waals surface area contributed by atoms with E-state index < -0.39 is 0 Å². The summed E-state index contributed by atoms with van der Waals surface area (Å²) < 4.78 is 5.27. The third kappa shape index (κ3) is 3.72. The zero-order valence-corrected chi connectivity index (χ0v) is 11.9. The Morgan fingerprint density at radius 2 is 1.89 bits per heavy atom. The smallest absolute Gasteiger partial charge is 0.255 e. The molecule has 0 bridgehead atoms. The zero-order valence-electron chi connectivity index (χ0n) is 11.9. The van der Waals surface area contributed by atoms with E-state index in [0.29, 0.717) is 17.4 Å². The molecule has 1 aliphatic rings. The summed E-state index contributed by atoms with van der Waals surface area (Å²) in [4.78, 5) is 12.4. The second kappa shape index (κ2) is 6.60. The Balaban J connectivity index is 2.08. The van der Waals surface area contributed by atoms with Gasteiger partial charge in [-0.15, -0.1) is 0 Å². The fraction of sp³-hybridized carbons (Fsp3) is 0.562. The number of aryl methyl sites for hydroxylation is 1. The lowest BCUT2D eigenvalue weighted by Crippen LogP contribution is -2.34. The maximum absolute atomic E-state index is 12.4. The first kappa shape index (κ1) is 13.9. The van der Waals surface area contributed by atoms with Crippen LogP contribution in [0.4, 0.5) is 0 Å². The minimum Gasteiger partial charge on any atom is -0.496 e. The number of amides is 1. The fourth-order valence-corrected chi connectivity index (χ4v) is 2.69. The molecule has 0 aromatic heterocycles. The maximum atomic E-state index is 12.4. The lowest BCUT2D eigenvalue weighted by Gasteiger charge is -2.17. The Bertz CT molecular complexity index is 434. The van der Waals surface area contributed by atoms with Crippen molar-refractivity contribution in [1.29, 1.82) is 0 Å². The minimum absolute atomic E-state index is 0.00699. The van der Waals surface area contributed by atoms with E-state index in [2.05, 4.69) is 5.32 Å². The summed E-state index contributed by atoms with van der Waals surface area (Å²) in [5, 5.41) is 3.16. The van der Waals surface area contributed by atoms with Gasteiger partial charge in [-0.3, -0.25) is 4.79 Å². The van der Waals surface area contributed by atoms with Gasteiger partial charge in [-0.05, 0) is 31.9 Å². The quantitative estimate of drug-likeness (QED) is 0.846. The van der Waals surface area contributed by atoms with Gasteiger partial charge in [-0.2, -0.15) is 0 Å². The van der Waals surface area contributed by atoms with Crippen LogP contribution in [0, 0.1) is 6.92 Å². The second-order valence-corrected chi connectivity index (χ2v) is 5.37. The van der Waals surface area contributed by atoms with Gasteiger partial charge in [-0.25, -0.2) is 0 Å². The standard InChI is InChI=1S/C16H23NO2/c1-12-9-10-15(19-2)14(11-12)16(18)17-13-7-5-3-4-6-8-13/h9-11,13H,3-8H2,1-2H3,(H,17,18). The largest absolute Gasteiger partial charge is 0.496 e. The molecule has 0 spiro atoms. The number of benzene rings is 1. The molecule has 0 heterocycles. The molecule has 0 atom stereocenters. The normalized spacial score (nSPS) is 16.7. The van der Waals surface area contributed by atoms with E-state index in [-0.39, 0.29) is 5.91 Å². The molecule has 1 amide bonds. The van der Waals surface area contributed by atoms with Gasteiger partial charge in [0, 0.05) is 6.04 Å². The monoisotopic (exact) mass is 261 g/mol. The zero-order chi connectivity index (χ0) is 13.7. The molecule has 19 heavy (non-hydrogen) atoms. The second-order valence-electron chi connectivity index (χ2n) is 5.37. The predicted octanol–water partition coefficient (Wildman–Crippen LogP) is 3.46. The average molecular weight is 261 g/mol. The average Bonchev–Trinajstić information content (AvgIpc) is 2.67. The minimum atomic E-state index is -0.00699. The number of ether oxygens (including phenoxy) is 1. The van der Waals surface area contributed by atoms with E-state index in [1.54, 1.807) is 7.11 Å². The van der Waals surface area contributed by atoms with Crippen molar-refractivity contribution in [3.63, 3.8) is 0 Å². The highest BCUT2D eigenvalue weighted by Crippen LogP contribution is 2.21. The summed E-state index contributed by atoms with van der Waals surface area (Å²) in [5.74, 6) is 0.643. The molecule has 1 aromatic rings. The van der Waals surface area contributed by atoms with Crippen LogP contribution in [0.3, 0.4) is 0 Å². The van der Waals surface area contributed by atoms with Gasteiger partial charge in [0.05, 0.1) is 12.7 Å². The van der Waals surface area contributed by atoms with Gasteiger partial charge in [0.1, 0.15) is 5.75 Å². The Labute approximate surface area is 115 Å². The molecule has 0 aliphatic heterocycles. The number of carbonyl (C=O) groups excluding carboxylic acids is 1. The summed E-state index contributed by atoms with van der Waals surface area (Å²) in [5.41, 5.74) is 1.72. The van der Waals surface area contributed by atoms with Gasteiger partial charge in [0.25, 0.3) is 5.91 Å². The summed E-state index contributed by atoms with van der Waals surface area (Å²) >= 11 is 0. The summed E-state index contributed by atoms with van der Waals surface area (Å²) in [7, 11) is 1.60. The Kier molecular flexibility index (Phi) is 4.83. The van der Waals surface area contributed by atoms with Gasteiger partial charge < -0.3 is 10.1 Å².